The maximum atomic E-state index is 12.4. The van der Waals surface area contributed by atoms with Crippen molar-refractivity contribution in [2.24, 2.45) is 5.92 Å². The fourth-order valence-corrected chi connectivity index (χ4v) is 3.76. The van der Waals surface area contributed by atoms with E-state index in [1.807, 2.05) is 0 Å². The van der Waals surface area contributed by atoms with E-state index in [1.54, 1.807) is 13.0 Å². The van der Waals surface area contributed by atoms with Crippen LogP contribution < -0.4 is 5.32 Å². The number of carbonyl (C=O) groups is 2. The Kier molecular flexibility index (Phi) is 6.81. The summed E-state index contributed by atoms with van der Waals surface area (Å²) in [4.78, 5) is 24.6. The molecule has 0 aliphatic heterocycles. The van der Waals surface area contributed by atoms with E-state index in [2.05, 4.69) is 5.32 Å². The van der Waals surface area contributed by atoms with Crippen molar-refractivity contribution in [2.45, 2.75) is 57.0 Å². The standard InChI is InChI=1S/C19H27NO5S/c1-13-9-10-16(26(3,23)24)11-17(13)19(22)25-14(2)18(21)20-12-15-7-5-4-6-8-15/h9-11,14-15H,4-8,12H2,1-3H3,(H,20,21)/t14-/m0/s1. The summed E-state index contributed by atoms with van der Waals surface area (Å²) < 4.78 is 28.6. The first-order valence-corrected chi connectivity index (χ1v) is 10.9. The number of hydrogen-bond donors (Lipinski definition) is 1. The summed E-state index contributed by atoms with van der Waals surface area (Å²) in [5.41, 5.74) is 0.747. The lowest BCUT2D eigenvalue weighted by Crippen LogP contribution is -2.38. The van der Waals surface area contributed by atoms with Gasteiger partial charge in [-0.2, -0.15) is 0 Å². The minimum atomic E-state index is -3.43. The van der Waals surface area contributed by atoms with E-state index in [9.17, 15) is 18.0 Å². The fourth-order valence-electron chi connectivity index (χ4n) is 3.11. The predicted molar refractivity (Wildman–Crippen MR) is 98.8 cm³/mol. The smallest absolute Gasteiger partial charge is 0.339 e. The van der Waals surface area contributed by atoms with Crippen molar-refractivity contribution >= 4 is 21.7 Å². The van der Waals surface area contributed by atoms with Gasteiger partial charge in [-0.3, -0.25) is 4.79 Å². The number of sulfone groups is 1. The van der Waals surface area contributed by atoms with Gasteiger partial charge in [-0.15, -0.1) is 0 Å². The molecule has 0 radical (unpaired) electrons. The number of carbonyl (C=O) groups excluding carboxylic acids is 2. The Morgan fingerprint density at radius 3 is 2.50 bits per heavy atom. The molecule has 26 heavy (non-hydrogen) atoms. The summed E-state index contributed by atoms with van der Waals surface area (Å²) >= 11 is 0. The van der Waals surface area contributed by atoms with Crippen LogP contribution in [0.15, 0.2) is 23.1 Å². The van der Waals surface area contributed by atoms with Crippen molar-refractivity contribution < 1.29 is 22.7 Å². The second kappa shape index (κ2) is 8.66. The molecule has 1 N–H and O–H groups in total. The fraction of sp³-hybridized carbons (Fsp3) is 0.579. The summed E-state index contributed by atoms with van der Waals surface area (Å²) in [5, 5.41) is 2.85. The Hall–Kier alpha value is -1.89. The maximum absolute atomic E-state index is 12.4. The highest BCUT2D eigenvalue weighted by Gasteiger charge is 2.22. The molecule has 0 heterocycles. The molecule has 2 rings (SSSR count). The first-order valence-electron chi connectivity index (χ1n) is 8.98. The van der Waals surface area contributed by atoms with Crippen molar-refractivity contribution in [3.8, 4) is 0 Å². The molecule has 144 valence electrons. The lowest BCUT2D eigenvalue weighted by molar-refractivity contribution is -0.129. The molecule has 1 saturated carbocycles. The van der Waals surface area contributed by atoms with Crippen LogP contribution in [0, 0.1) is 12.8 Å². The Morgan fingerprint density at radius 1 is 1.23 bits per heavy atom. The Bertz CT molecular complexity index is 766. The van der Waals surface area contributed by atoms with Crippen LogP contribution in [0.25, 0.3) is 0 Å². The molecule has 1 atom stereocenters. The maximum Gasteiger partial charge on any atom is 0.339 e. The van der Waals surface area contributed by atoms with Crippen molar-refractivity contribution in [1.29, 1.82) is 0 Å². The second-order valence-corrected chi connectivity index (χ2v) is 9.06. The van der Waals surface area contributed by atoms with Gasteiger partial charge in [-0.25, -0.2) is 13.2 Å². The van der Waals surface area contributed by atoms with Crippen LogP contribution in [-0.4, -0.2) is 39.2 Å². The first-order chi connectivity index (χ1) is 12.2. The highest BCUT2D eigenvalue weighted by molar-refractivity contribution is 7.90. The quantitative estimate of drug-likeness (QED) is 0.765. The number of benzene rings is 1. The van der Waals surface area contributed by atoms with Crippen molar-refractivity contribution in [3.05, 3.63) is 29.3 Å². The molecule has 1 amide bonds. The number of rotatable bonds is 6. The van der Waals surface area contributed by atoms with Gasteiger partial charge in [0.1, 0.15) is 0 Å². The molecule has 0 spiro atoms. The van der Waals surface area contributed by atoms with Crippen LogP contribution in [0.5, 0.6) is 0 Å². The van der Waals surface area contributed by atoms with E-state index < -0.39 is 21.9 Å². The van der Waals surface area contributed by atoms with Crippen LogP contribution in [0.1, 0.15) is 54.9 Å². The average Bonchev–Trinajstić information content (AvgIpc) is 2.59. The molecule has 1 aromatic rings. The van der Waals surface area contributed by atoms with E-state index >= 15 is 0 Å². The molecule has 0 saturated heterocycles. The Labute approximate surface area is 155 Å². The zero-order valence-electron chi connectivity index (χ0n) is 15.6. The van der Waals surface area contributed by atoms with Gasteiger partial charge in [0.25, 0.3) is 5.91 Å². The molecule has 7 heteroatoms. The highest BCUT2D eigenvalue weighted by Crippen LogP contribution is 2.23. The van der Waals surface area contributed by atoms with E-state index in [0.717, 1.165) is 19.1 Å². The third-order valence-electron chi connectivity index (χ3n) is 4.80. The lowest BCUT2D eigenvalue weighted by Gasteiger charge is -2.22. The van der Waals surface area contributed by atoms with Gasteiger partial charge in [0.05, 0.1) is 10.5 Å². The summed E-state index contributed by atoms with van der Waals surface area (Å²) in [6.07, 6.45) is 6.02. The van der Waals surface area contributed by atoms with Crippen LogP contribution in [-0.2, 0) is 19.4 Å². The Balaban J connectivity index is 1.96. The predicted octanol–water partition coefficient (Wildman–Crippen LogP) is 2.64. The van der Waals surface area contributed by atoms with Gasteiger partial charge in [-0.1, -0.05) is 25.3 Å². The molecule has 1 aliphatic carbocycles. The van der Waals surface area contributed by atoms with Gasteiger partial charge in [0, 0.05) is 12.8 Å². The van der Waals surface area contributed by atoms with Crippen LogP contribution >= 0.6 is 0 Å². The normalized spacial score (nSPS) is 16.7. The topological polar surface area (TPSA) is 89.5 Å². The molecule has 1 aliphatic rings. The number of hydrogen-bond acceptors (Lipinski definition) is 5. The molecule has 0 unspecified atom stereocenters. The van der Waals surface area contributed by atoms with E-state index in [0.29, 0.717) is 18.0 Å². The second-order valence-electron chi connectivity index (χ2n) is 7.05. The number of aryl methyl sites for hydroxylation is 1. The number of ether oxygens (including phenoxy) is 1. The molecular formula is C19H27NO5S. The molecular weight excluding hydrogens is 354 g/mol. The third-order valence-corrected chi connectivity index (χ3v) is 5.91. The third kappa shape index (κ3) is 5.56. The van der Waals surface area contributed by atoms with Crippen LogP contribution in [0.3, 0.4) is 0 Å². The first kappa shape index (κ1) is 20.4. The molecule has 1 fully saturated rings. The Morgan fingerprint density at radius 2 is 1.88 bits per heavy atom. The summed E-state index contributed by atoms with van der Waals surface area (Å²) in [7, 11) is -3.43. The van der Waals surface area contributed by atoms with Crippen molar-refractivity contribution in [3.63, 3.8) is 0 Å². The molecule has 6 nitrogen and oxygen atoms in total. The van der Waals surface area contributed by atoms with Crippen LogP contribution in [0.4, 0.5) is 0 Å². The van der Waals surface area contributed by atoms with Crippen molar-refractivity contribution in [1.82, 2.24) is 5.32 Å². The summed E-state index contributed by atoms with van der Waals surface area (Å²) in [6, 6.07) is 4.29. The molecule has 0 aromatic heterocycles. The zero-order valence-corrected chi connectivity index (χ0v) is 16.4. The summed E-state index contributed by atoms with van der Waals surface area (Å²) in [6.45, 7) is 3.81. The monoisotopic (exact) mass is 381 g/mol. The number of nitrogens with one attached hydrogen (secondary N) is 1. The highest BCUT2D eigenvalue weighted by atomic mass is 32.2. The van der Waals surface area contributed by atoms with Gasteiger partial charge in [0.15, 0.2) is 15.9 Å². The van der Waals surface area contributed by atoms with E-state index in [1.165, 1.54) is 38.3 Å². The SMILES string of the molecule is Cc1ccc(S(C)(=O)=O)cc1C(=O)O[C@@H](C)C(=O)NCC1CCCCC1. The molecule has 0 bridgehead atoms. The van der Waals surface area contributed by atoms with Crippen molar-refractivity contribution in [2.75, 3.05) is 12.8 Å². The number of amides is 1. The minimum absolute atomic E-state index is 0.0458. The lowest BCUT2D eigenvalue weighted by atomic mass is 9.89. The largest absolute Gasteiger partial charge is 0.449 e. The van der Waals surface area contributed by atoms with Crippen LogP contribution in [0.2, 0.25) is 0 Å². The van der Waals surface area contributed by atoms with Gasteiger partial charge in [-0.05, 0) is 50.3 Å². The van der Waals surface area contributed by atoms with Gasteiger partial charge < -0.3 is 10.1 Å². The summed E-state index contributed by atoms with van der Waals surface area (Å²) in [5.74, 6) is -0.543. The minimum Gasteiger partial charge on any atom is -0.449 e. The molecule has 1 aromatic carbocycles. The average molecular weight is 381 g/mol. The van der Waals surface area contributed by atoms with E-state index in [4.69, 9.17) is 4.74 Å². The van der Waals surface area contributed by atoms with Gasteiger partial charge in [0.2, 0.25) is 0 Å². The number of esters is 1. The van der Waals surface area contributed by atoms with Gasteiger partial charge >= 0.3 is 5.97 Å². The zero-order chi connectivity index (χ0) is 19.3. The van der Waals surface area contributed by atoms with E-state index in [-0.39, 0.29) is 16.4 Å².